The van der Waals surface area contributed by atoms with Crippen LogP contribution in [0.25, 0.3) is 16.0 Å². The van der Waals surface area contributed by atoms with Crippen molar-refractivity contribution in [3.63, 3.8) is 0 Å². The van der Waals surface area contributed by atoms with Crippen LogP contribution in [0.5, 0.6) is 0 Å². The Morgan fingerprint density at radius 2 is 2.38 bits per heavy atom. The van der Waals surface area contributed by atoms with E-state index in [1.165, 1.54) is 17.6 Å². The first-order chi connectivity index (χ1) is 10.1. The smallest absolute Gasteiger partial charge is 0.178 e. The van der Waals surface area contributed by atoms with E-state index in [-0.39, 0.29) is 0 Å². The number of carbonyl (C=O) groups excluding carboxylic acids is 1. The van der Waals surface area contributed by atoms with Crippen molar-refractivity contribution in [1.82, 2.24) is 15.0 Å². The fourth-order valence-corrected chi connectivity index (χ4v) is 3.04. The molecule has 2 aromatic heterocycles. The molecular formula is C14H13N5OS. The monoisotopic (exact) mass is 299 g/mol. The predicted molar refractivity (Wildman–Crippen MR) is 85.2 cm³/mol. The fraction of sp³-hybridized carbons (Fsp3) is 0.143. The van der Waals surface area contributed by atoms with Gasteiger partial charge in [-0.25, -0.2) is 4.98 Å². The van der Waals surface area contributed by atoms with E-state index in [0.29, 0.717) is 23.6 Å². The molecule has 0 fully saturated rings. The van der Waals surface area contributed by atoms with Crippen LogP contribution in [0.3, 0.4) is 0 Å². The second-order valence-electron chi connectivity index (χ2n) is 4.67. The molecule has 2 aromatic rings. The molecule has 1 aliphatic heterocycles. The second kappa shape index (κ2) is 5.10. The number of thiazole rings is 1. The quantitative estimate of drug-likeness (QED) is 0.505. The topological polar surface area (TPSA) is 85.2 Å². The number of hydrogen-bond acceptors (Lipinski definition) is 6. The molecule has 0 spiro atoms. The number of hydrogen-bond donors (Lipinski definition) is 2. The standard InChI is InChI=1S/C14H13N5OS/c1-8(3-4-15)6-19-9(2)12-10(5-16-19)13-14(18-12)17-11(7-20)21-13/h4-5,7,15,18H,1-3,6H2. The van der Waals surface area contributed by atoms with Gasteiger partial charge in [-0.05, 0) is 6.21 Å². The van der Waals surface area contributed by atoms with Crippen LogP contribution in [0.15, 0.2) is 23.8 Å². The third kappa shape index (κ3) is 2.21. The Balaban J connectivity index is 1.94. The number of nitrogens with one attached hydrogen (secondary N) is 2. The van der Waals surface area contributed by atoms with Crippen molar-refractivity contribution in [2.24, 2.45) is 5.10 Å². The van der Waals surface area contributed by atoms with Crippen LogP contribution in [0.1, 0.15) is 27.5 Å². The molecule has 7 heteroatoms. The molecule has 106 valence electrons. The Morgan fingerprint density at radius 1 is 1.57 bits per heavy atom. The first-order valence-corrected chi connectivity index (χ1v) is 7.09. The minimum atomic E-state index is 0.444. The van der Waals surface area contributed by atoms with Crippen molar-refractivity contribution in [1.29, 1.82) is 5.41 Å². The van der Waals surface area contributed by atoms with Gasteiger partial charge in [0.1, 0.15) is 0 Å². The van der Waals surface area contributed by atoms with Gasteiger partial charge in [0.15, 0.2) is 16.9 Å². The maximum Gasteiger partial charge on any atom is 0.178 e. The number of aldehydes is 1. The molecule has 0 unspecified atom stereocenters. The highest BCUT2D eigenvalue weighted by Gasteiger charge is 2.23. The third-order valence-electron chi connectivity index (χ3n) is 3.19. The van der Waals surface area contributed by atoms with Crippen LogP contribution in [-0.2, 0) is 0 Å². The van der Waals surface area contributed by atoms with E-state index in [4.69, 9.17) is 5.41 Å². The van der Waals surface area contributed by atoms with Gasteiger partial charge in [0, 0.05) is 12.0 Å². The van der Waals surface area contributed by atoms with Gasteiger partial charge < -0.3 is 10.4 Å². The highest BCUT2D eigenvalue weighted by molar-refractivity contribution is 7.20. The molecule has 21 heavy (non-hydrogen) atoms. The van der Waals surface area contributed by atoms with Crippen LogP contribution in [0, 0.1) is 5.41 Å². The summed E-state index contributed by atoms with van der Waals surface area (Å²) in [7, 11) is 0. The first kappa shape index (κ1) is 13.4. The summed E-state index contributed by atoms with van der Waals surface area (Å²) in [6.07, 6.45) is 4.33. The van der Waals surface area contributed by atoms with Gasteiger partial charge in [-0.15, -0.1) is 11.3 Å². The Morgan fingerprint density at radius 3 is 3.10 bits per heavy atom. The van der Waals surface area contributed by atoms with E-state index in [9.17, 15) is 4.79 Å². The minimum Gasteiger partial charge on any atom is -0.337 e. The number of hydrazone groups is 1. The molecule has 0 bridgehead atoms. The molecule has 6 nitrogen and oxygen atoms in total. The average Bonchev–Trinajstić information content (AvgIpc) is 3.00. The Hall–Kier alpha value is -2.54. The van der Waals surface area contributed by atoms with Crippen molar-refractivity contribution >= 4 is 46.1 Å². The molecule has 0 radical (unpaired) electrons. The Bertz CT molecular complexity index is 798. The van der Waals surface area contributed by atoms with E-state index < -0.39 is 0 Å². The average molecular weight is 299 g/mol. The summed E-state index contributed by atoms with van der Waals surface area (Å²) in [4.78, 5) is 18.2. The van der Waals surface area contributed by atoms with E-state index in [0.717, 1.165) is 33.5 Å². The number of aromatic nitrogens is 2. The Kier molecular flexibility index (Phi) is 3.26. The van der Waals surface area contributed by atoms with Gasteiger partial charge in [-0.1, -0.05) is 18.7 Å². The van der Waals surface area contributed by atoms with Gasteiger partial charge in [0.05, 0.1) is 28.9 Å². The minimum absolute atomic E-state index is 0.444. The number of carbonyl (C=O) groups is 1. The molecule has 0 atom stereocenters. The normalized spacial score (nSPS) is 13.5. The van der Waals surface area contributed by atoms with Gasteiger partial charge in [-0.2, -0.15) is 5.10 Å². The molecule has 0 aromatic carbocycles. The van der Waals surface area contributed by atoms with Crippen LogP contribution in [0.2, 0.25) is 0 Å². The van der Waals surface area contributed by atoms with Crippen molar-refractivity contribution in [2.45, 2.75) is 6.42 Å². The lowest BCUT2D eigenvalue weighted by Crippen LogP contribution is -2.22. The molecule has 2 N–H and O–H groups in total. The zero-order chi connectivity index (χ0) is 15.0. The van der Waals surface area contributed by atoms with E-state index in [1.807, 2.05) is 0 Å². The van der Waals surface area contributed by atoms with Gasteiger partial charge in [-0.3, -0.25) is 9.80 Å². The zero-order valence-electron chi connectivity index (χ0n) is 11.2. The number of rotatable bonds is 5. The van der Waals surface area contributed by atoms with Gasteiger partial charge >= 0.3 is 0 Å². The number of nitrogens with zero attached hydrogens (tertiary/aromatic N) is 3. The highest BCUT2D eigenvalue weighted by Crippen LogP contribution is 2.33. The number of fused-ring (bicyclic) bond motifs is 3. The van der Waals surface area contributed by atoms with E-state index >= 15 is 0 Å². The first-order valence-electron chi connectivity index (χ1n) is 6.28. The number of H-pyrrole nitrogens is 1. The van der Waals surface area contributed by atoms with Crippen LogP contribution >= 0.6 is 11.3 Å². The maximum atomic E-state index is 10.8. The lowest BCUT2D eigenvalue weighted by atomic mass is 10.1. The fourth-order valence-electron chi connectivity index (χ4n) is 2.19. The van der Waals surface area contributed by atoms with Crippen molar-refractivity contribution in [3.8, 4) is 0 Å². The largest absolute Gasteiger partial charge is 0.337 e. The summed E-state index contributed by atoms with van der Waals surface area (Å²) >= 11 is 1.34. The highest BCUT2D eigenvalue weighted by atomic mass is 32.1. The van der Waals surface area contributed by atoms with E-state index in [1.54, 1.807) is 11.2 Å². The number of aromatic amines is 1. The molecular weight excluding hydrogens is 286 g/mol. The van der Waals surface area contributed by atoms with Crippen molar-refractivity contribution in [2.75, 3.05) is 6.54 Å². The van der Waals surface area contributed by atoms with Gasteiger partial charge in [0.2, 0.25) is 0 Å². The summed E-state index contributed by atoms with van der Waals surface area (Å²) in [5, 5.41) is 13.7. The lowest BCUT2D eigenvalue weighted by molar-refractivity contribution is 0.112. The SMILES string of the molecule is C=C(CC=N)CN1N=Cc2c([nH]c3nc(C=O)sc23)C1=C. The second-order valence-corrected chi connectivity index (χ2v) is 5.70. The lowest BCUT2D eigenvalue weighted by Gasteiger charge is -2.24. The molecule has 1 aliphatic rings. The molecule has 0 amide bonds. The molecule has 0 aliphatic carbocycles. The molecule has 0 saturated heterocycles. The molecule has 0 saturated carbocycles. The summed E-state index contributed by atoms with van der Waals surface area (Å²) in [5.74, 6) is 0. The van der Waals surface area contributed by atoms with Crippen molar-refractivity contribution < 1.29 is 4.79 Å². The van der Waals surface area contributed by atoms with Crippen LogP contribution in [0.4, 0.5) is 0 Å². The third-order valence-corrected chi connectivity index (χ3v) is 4.21. The Labute approximate surface area is 125 Å². The summed E-state index contributed by atoms with van der Waals surface area (Å²) < 4.78 is 0.912. The molecule has 3 rings (SSSR count). The predicted octanol–water partition coefficient (Wildman–Crippen LogP) is 2.65. The molecule has 3 heterocycles. The summed E-state index contributed by atoms with van der Waals surface area (Å²) in [5.41, 5.74) is 4.08. The summed E-state index contributed by atoms with van der Waals surface area (Å²) in [6.45, 7) is 8.49. The van der Waals surface area contributed by atoms with Crippen molar-refractivity contribution in [3.05, 3.63) is 35.0 Å². The van der Waals surface area contributed by atoms with Crippen LogP contribution in [-0.4, -0.2) is 40.2 Å². The van der Waals surface area contributed by atoms with E-state index in [2.05, 4.69) is 28.2 Å². The van der Waals surface area contributed by atoms with Gasteiger partial charge in [0.25, 0.3) is 0 Å². The van der Waals surface area contributed by atoms with Crippen LogP contribution < -0.4 is 0 Å². The zero-order valence-corrected chi connectivity index (χ0v) is 12.0. The maximum absolute atomic E-state index is 10.8. The summed E-state index contributed by atoms with van der Waals surface area (Å²) in [6, 6.07) is 0.